The van der Waals surface area contributed by atoms with Gasteiger partial charge >= 0.3 is 0 Å². The summed E-state index contributed by atoms with van der Waals surface area (Å²) in [7, 11) is 0. The molecule has 1 saturated carbocycles. The normalized spacial score (nSPS) is 48.7. The number of fused-ring (bicyclic) bond motifs is 1. The van der Waals surface area contributed by atoms with Crippen LogP contribution in [0.4, 0.5) is 0 Å². The minimum absolute atomic E-state index is 0.00120. The van der Waals surface area contributed by atoms with Gasteiger partial charge in [-0.2, -0.15) is 0 Å². The first kappa shape index (κ1) is 9.40. The lowest BCUT2D eigenvalue weighted by Crippen LogP contribution is -2.70. The van der Waals surface area contributed by atoms with E-state index in [-0.39, 0.29) is 31.3 Å². The van der Waals surface area contributed by atoms with Crippen molar-refractivity contribution in [2.75, 3.05) is 19.8 Å². The maximum atomic E-state index is 9.34. The van der Waals surface area contributed by atoms with Crippen molar-refractivity contribution in [3.63, 3.8) is 0 Å². The molecule has 3 unspecified atom stereocenters. The van der Waals surface area contributed by atoms with Gasteiger partial charge in [0.15, 0.2) is 0 Å². The summed E-state index contributed by atoms with van der Waals surface area (Å²) in [5.74, 6) is 0. The van der Waals surface area contributed by atoms with Crippen LogP contribution in [0.3, 0.4) is 0 Å². The Hall–Kier alpha value is -0.160. The van der Waals surface area contributed by atoms with Crippen molar-refractivity contribution in [3.05, 3.63) is 0 Å². The number of hydrogen-bond donors (Lipinski definition) is 3. The van der Waals surface area contributed by atoms with E-state index in [2.05, 4.69) is 0 Å². The van der Waals surface area contributed by atoms with Gasteiger partial charge in [0.25, 0.3) is 0 Å². The van der Waals surface area contributed by atoms with Crippen LogP contribution in [0.2, 0.25) is 0 Å². The minimum Gasteiger partial charge on any atom is -0.396 e. The molecule has 1 heterocycles. The van der Waals surface area contributed by atoms with Crippen LogP contribution in [0.5, 0.6) is 0 Å². The molecule has 0 bridgehead atoms. The average Bonchev–Trinajstić information content (AvgIpc) is 2.42. The molecular weight excluding hydrogens is 172 g/mol. The van der Waals surface area contributed by atoms with E-state index in [4.69, 9.17) is 9.84 Å². The standard InChI is InChI=1S/C9H16O4/c10-4-7-8(5-11)2-1-3-9(8,6-12)13-7/h7,10-12H,1-6H2. The van der Waals surface area contributed by atoms with Gasteiger partial charge in [-0.1, -0.05) is 0 Å². The van der Waals surface area contributed by atoms with Gasteiger partial charge in [-0.3, -0.25) is 0 Å². The maximum Gasteiger partial charge on any atom is 0.102 e. The van der Waals surface area contributed by atoms with Crippen LogP contribution >= 0.6 is 0 Å². The van der Waals surface area contributed by atoms with Gasteiger partial charge in [-0.15, -0.1) is 0 Å². The van der Waals surface area contributed by atoms with Crippen LogP contribution in [0.25, 0.3) is 0 Å². The van der Waals surface area contributed by atoms with Crippen LogP contribution in [0, 0.1) is 5.41 Å². The molecular formula is C9H16O4. The summed E-state index contributed by atoms with van der Waals surface area (Å²) < 4.78 is 5.48. The van der Waals surface area contributed by atoms with Crippen molar-refractivity contribution < 1.29 is 20.1 Å². The first-order valence-corrected chi connectivity index (χ1v) is 4.75. The fourth-order valence-corrected chi connectivity index (χ4v) is 2.93. The Bertz CT molecular complexity index is 208. The maximum absolute atomic E-state index is 9.34. The predicted molar refractivity (Wildman–Crippen MR) is 45.1 cm³/mol. The van der Waals surface area contributed by atoms with E-state index in [0.29, 0.717) is 0 Å². The second kappa shape index (κ2) is 2.92. The Morgan fingerprint density at radius 2 is 1.92 bits per heavy atom. The molecule has 76 valence electrons. The molecule has 2 fully saturated rings. The van der Waals surface area contributed by atoms with Gasteiger partial charge in [0.1, 0.15) is 5.60 Å². The summed E-state index contributed by atoms with van der Waals surface area (Å²) >= 11 is 0. The van der Waals surface area contributed by atoms with Gasteiger partial charge in [-0.25, -0.2) is 0 Å². The van der Waals surface area contributed by atoms with E-state index in [1.165, 1.54) is 0 Å². The van der Waals surface area contributed by atoms with Gasteiger partial charge in [0.05, 0.1) is 31.3 Å². The Morgan fingerprint density at radius 1 is 1.15 bits per heavy atom. The third-order valence-corrected chi connectivity index (χ3v) is 3.80. The molecule has 0 spiro atoms. The first-order valence-electron chi connectivity index (χ1n) is 4.75. The Morgan fingerprint density at radius 3 is 2.46 bits per heavy atom. The molecule has 0 aromatic carbocycles. The zero-order valence-electron chi connectivity index (χ0n) is 7.57. The van der Waals surface area contributed by atoms with Crippen molar-refractivity contribution in [2.45, 2.75) is 31.0 Å². The summed E-state index contributed by atoms with van der Waals surface area (Å²) in [6, 6.07) is 0. The molecule has 2 aliphatic rings. The molecule has 4 heteroatoms. The lowest BCUT2D eigenvalue weighted by Gasteiger charge is -2.59. The fourth-order valence-electron chi connectivity index (χ4n) is 2.93. The highest BCUT2D eigenvalue weighted by molar-refractivity contribution is 5.16. The summed E-state index contributed by atoms with van der Waals surface area (Å²) in [6.07, 6.45) is 2.31. The highest BCUT2D eigenvalue weighted by atomic mass is 16.6. The van der Waals surface area contributed by atoms with E-state index in [9.17, 15) is 10.2 Å². The average molecular weight is 188 g/mol. The molecule has 0 aromatic heterocycles. The number of hydrogen-bond acceptors (Lipinski definition) is 4. The van der Waals surface area contributed by atoms with Crippen molar-refractivity contribution in [1.29, 1.82) is 0 Å². The number of aliphatic hydroxyl groups is 3. The molecule has 1 aliphatic heterocycles. The van der Waals surface area contributed by atoms with Crippen LogP contribution in [-0.4, -0.2) is 46.8 Å². The Balaban J connectivity index is 2.23. The molecule has 1 aliphatic carbocycles. The second-order valence-electron chi connectivity index (χ2n) is 4.11. The smallest absolute Gasteiger partial charge is 0.102 e. The Kier molecular flexibility index (Phi) is 2.11. The third-order valence-electron chi connectivity index (χ3n) is 3.80. The molecule has 3 N–H and O–H groups in total. The van der Waals surface area contributed by atoms with Crippen molar-refractivity contribution >= 4 is 0 Å². The predicted octanol–water partition coefficient (Wildman–Crippen LogP) is -0.729. The Labute approximate surface area is 77.1 Å². The van der Waals surface area contributed by atoms with E-state index >= 15 is 0 Å². The molecule has 0 amide bonds. The topological polar surface area (TPSA) is 69.9 Å². The molecule has 2 rings (SSSR count). The fraction of sp³-hybridized carbons (Fsp3) is 1.00. The zero-order chi connectivity index (χ0) is 9.53. The number of rotatable bonds is 3. The molecule has 13 heavy (non-hydrogen) atoms. The summed E-state index contributed by atoms with van der Waals surface area (Å²) in [4.78, 5) is 0. The highest BCUT2D eigenvalue weighted by Gasteiger charge is 2.68. The summed E-state index contributed by atoms with van der Waals surface area (Å²) in [6.45, 7) is -0.120. The molecule has 0 radical (unpaired) electrons. The van der Waals surface area contributed by atoms with Gasteiger partial charge in [-0.05, 0) is 19.3 Å². The lowest BCUT2D eigenvalue weighted by molar-refractivity contribution is -0.333. The van der Waals surface area contributed by atoms with Gasteiger partial charge in [0, 0.05) is 0 Å². The molecule has 1 saturated heterocycles. The number of ether oxygens (including phenoxy) is 1. The monoisotopic (exact) mass is 188 g/mol. The van der Waals surface area contributed by atoms with Crippen LogP contribution in [0.15, 0.2) is 0 Å². The van der Waals surface area contributed by atoms with Crippen molar-refractivity contribution in [1.82, 2.24) is 0 Å². The largest absolute Gasteiger partial charge is 0.396 e. The van der Waals surface area contributed by atoms with Crippen LogP contribution < -0.4 is 0 Å². The summed E-state index contributed by atoms with van der Waals surface area (Å²) in [5, 5.41) is 27.6. The van der Waals surface area contributed by atoms with Gasteiger partial charge < -0.3 is 20.1 Å². The quantitative estimate of drug-likeness (QED) is 0.546. The molecule has 0 aromatic rings. The highest BCUT2D eigenvalue weighted by Crippen LogP contribution is 2.59. The summed E-state index contributed by atoms with van der Waals surface area (Å²) in [5.41, 5.74) is -0.939. The van der Waals surface area contributed by atoms with Crippen LogP contribution in [0.1, 0.15) is 19.3 Å². The molecule has 4 nitrogen and oxygen atoms in total. The van der Waals surface area contributed by atoms with E-state index in [1.54, 1.807) is 0 Å². The number of aliphatic hydroxyl groups excluding tert-OH is 3. The zero-order valence-corrected chi connectivity index (χ0v) is 7.57. The lowest BCUT2D eigenvalue weighted by atomic mass is 9.65. The first-order chi connectivity index (χ1) is 6.24. The SMILES string of the molecule is OCC1OC2(CO)CCCC12CO. The van der Waals surface area contributed by atoms with E-state index in [1.807, 2.05) is 0 Å². The van der Waals surface area contributed by atoms with E-state index in [0.717, 1.165) is 19.3 Å². The van der Waals surface area contributed by atoms with Crippen molar-refractivity contribution in [2.24, 2.45) is 5.41 Å². The van der Waals surface area contributed by atoms with Gasteiger partial charge in [0.2, 0.25) is 0 Å². The second-order valence-corrected chi connectivity index (χ2v) is 4.11. The third kappa shape index (κ3) is 0.892. The van der Waals surface area contributed by atoms with E-state index < -0.39 is 5.60 Å². The molecule has 3 atom stereocenters. The van der Waals surface area contributed by atoms with Crippen molar-refractivity contribution in [3.8, 4) is 0 Å². The van der Waals surface area contributed by atoms with Crippen LogP contribution in [-0.2, 0) is 4.74 Å². The minimum atomic E-state index is -0.560.